The van der Waals surface area contributed by atoms with Gasteiger partial charge in [0.15, 0.2) is 0 Å². The molecule has 2 aromatic rings. The van der Waals surface area contributed by atoms with E-state index in [2.05, 4.69) is 68.1 Å². The van der Waals surface area contributed by atoms with Crippen LogP contribution < -0.4 is 0 Å². The molecule has 0 radical (unpaired) electrons. The van der Waals surface area contributed by atoms with Crippen LogP contribution in [0.25, 0.3) is 0 Å². The van der Waals surface area contributed by atoms with Crippen molar-refractivity contribution in [2.45, 2.75) is 64.8 Å². The van der Waals surface area contributed by atoms with E-state index in [-0.39, 0.29) is 11.5 Å². The lowest BCUT2D eigenvalue weighted by Gasteiger charge is -2.36. The predicted octanol–water partition coefficient (Wildman–Crippen LogP) is 5.96. The van der Waals surface area contributed by atoms with Gasteiger partial charge in [-0.3, -0.25) is 4.90 Å². The average Bonchev–Trinajstić information content (AvgIpc) is 2.67. The van der Waals surface area contributed by atoms with Crippen molar-refractivity contribution >= 4 is 0 Å². The van der Waals surface area contributed by atoms with Crippen LogP contribution in [0, 0.1) is 6.92 Å². The highest BCUT2D eigenvalue weighted by atomic mass is 16.3. The minimum absolute atomic E-state index is 0.107. The summed E-state index contributed by atoms with van der Waals surface area (Å²) in [6.45, 7) is 11.1. The van der Waals surface area contributed by atoms with Crippen molar-refractivity contribution in [1.82, 2.24) is 4.90 Å². The summed E-state index contributed by atoms with van der Waals surface area (Å²) in [5.74, 6) is 0.458. The number of phenols is 1. The normalized spacial score (nSPS) is 17.2. The molecule has 1 fully saturated rings. The molecule has 0 amide bonds. The molecule has 1 aliphatic heterocycles. The standard InChI is InChI=1S/C24H33NO/c1-5-24(3,4)20-16-18(2)23(26)21(17-20)22(19-12-8-6-9-13-19)25-14-10-7-11-15-25/h6,8-9,12-13,16-17,22,26H,5,7,10-11,14-15H2,1-4H3. The second kappa shape index (κ2) is 7.84. The molecule has 0 aliphatic carbocycles. The summed E-state index contributed by atoms with van der Waals surface area (Å²) in [6.07, 6.45) is 4.87. The fraction of sp³-hybridized carbons (Fsp3) is 0.500. The van der Waals surface area contributed by atoms with Gasteiger partial charge in [-0.25, -0.2) is 0 Å². The van der Waals surface area contributed by atoms with Crippen LogP contribution in [-0.2, 0) is 5.41 Å². The van der Waals surface area contributed by atoms with Crippen LogP contribution >= 0.6 is 0 Å². The lowest BCUT2D eigenvalue weighted by Crippen LogP contribution is -2.34. The zero-order chi connectivity index (χ0) is 18.7. The van der Waals surface area contributed by atoms with Crippen LogP contribution in [0.4, 0.5) is 0 Å². The highest BCUT2D eigenvalue weighted by molar-refractivity contribution is 5.49. The Morgan fingerprint density at radius 1 is 1.04 bits per heavy atom. The zero-order valence-corrected chi connectivity index (χ0v) is 16.8. The number of piperidine rings is 1. The van der Waals surface area contributed by atoms with Gasteiger partial charge in [0.2, 0.25) is 0 Å². The molecule has 0 aromatic heterocycles. The smallest absolute Gasteiger partial charge is 0.123 e. The number of aryl methyl sites for hydroxylation is 1. The molecule has 140 valence electrons. The quantitative estimate of drug-likeness (QED) is 0.718. The van der Waals surface area contributed by atoms with Crippen LogP contribution in [0.3, 0.4) is 0 Å². The van der Waals surface area contributed by atoms with E-state index in [1.165, 1.54) is 30.4 Å². The molecule has 1 N–H and O–H groups in total. The third-order valence-electron chi connectivity index (χ3n) is 6.16. The van der Waals surface area contributed by atoms with Gasteiger partial charge in [-0.2, -0.15) is 0 Å². The van der Waals surface area contributed by atoms with Crippen LogP contribution in [0.5, 0.6) is 5.75 Å². The molecular formula is C24H33NO. The van der Waals surface area contributed by atoms with Gasteiger partial charge in [-0.05, 0) is 67.4 Å². The summed E-state index contributed by atoms with van der Waals surface area (Å²) in [7, 11) is 0. The Labute approximate surface area is 158 Å². The second-order valence-electron chi connectivity index (χ2n) is 8.38. The largest absolute Gasteiger partial charge is 0.507 e. The Morgan fingerprint density at radius 2 is 1.69 bits per heavy atom. The summed E-state index contributed by atoms with van der Waals surface area (Å²) in [5.41, 5.74) is 4.75. The van der Waals surface area contributed by atoms with E-state index >= 15 is 0 Å². The van der Waals surface area contributed by atoms with E-state index in [0.29, 0.717) is 5.75 Å². The van der Waals surface area contributed by atoms with Gasteiger partial charge >= 0.3 is 0 Å². The summed E-state index contributed by atoms with van der Waals surface area (Å²) < 4.78 is 0. The lowest BCUT2D eigenvalue weighted by atomic mass is 9.79. The van der Waals surface area contributed by atoms with Crippen LogP contribution in [-0.4, -0.2) is 23.1 Å². The van der Waals surface area contributed by atoms with Gasteiger partial charge in [0.05, 0.1) is 6.04 Å². The van der Waals surface area contributed by atoms with Crippen molar-refractivity contribution in [2.24, 2.45) is 0 Å². The molecule has 0 saturated carbocycles. The first-order valence-electron chi connectivity index (χ1n) is 10.1. The number of aromatic hydroxyl groups is 1. The topological polar surface area (TPSA) is 23.5 Å². The van der Waals surface area contributed by atoms with Gasteiger partial charge in [0.1, 0.15) is 5.75 Å². The number of likely N-dealkylation sites (tertiary alicyclic amines) is 1. The fourth-order valence-corrected chi connectivity index (χ4v) is 4.01. The molecule has 1 saturated heterocycles. The molecular weight excluding hydrogens is 318 g/mol. The average molecular weight is 352 g/mol. The minimum atomic E-state index is 0.107. The van der Waals surface area contributed by atoms with E-state index in [4.69, 9.17) is 0 Å². The number of benzene rings is 2. The maximum Gasteiger partial charge on any atom is 0.123 e. The Kier molecular flexibility index (Phi) is 5.72. The highest BCUT2D eigenvalue weighted by Crippen LogP contribution is 2.40. The summed E-state index contributed by atoms with van der Waals surface area (Å²) in [4.78, 5) is 2.55. The predicted molar refractivity (Wildman–Crippen MR) is 110 cm³/mol. The van der Waals surface area contributed by atoms with Crippen molar-refractivity contribution < 1.29 is 5.11 Å². The molecule has 2 nitrogen and oxygen atoms in total. The van der Waals surface area contributed by atoms with Gasteiger partial charge < -0.3 is 5.11 Å². The van der Waals surface area contributed by atoms with E-state index in [9.17, 15) is 5.11 Å². The number of nitrogens with zero attached hydrogens (tertiary/aromatic N) is 1. The SMILES string of the molecule is CCC(C)(C)c1cc(C)c(O)c(C(c2ccccc2)N2CCCCC2)c1. The summed E-state index contributed by atoms with van der Waals surface area (Å²) in [6, 6.07) is 15.2. The van der Waals surface area contributed by atoms with Gasteiger partial charge in [0, 0.05) is 5.56 Å². The number of rotatable bonds is 5. The van der Waals surface area contributed by atoms with Crippen molar-refractivity contribution in [3.05, 3.63) is 64.7 Å². The molecule has 1 unspecified atom stereocenters. The van der Waals surface area contributed by atoms with Gasteiger partial charge in [-0.1, -0.05) is 63.6 Å². The third-order valence-corrected chi connectivity index (χ3v) is 6.16. The number of hydrogen-bond acceptors (Lipinski definition) is 2. The number of phenolic OH excluding ortho intramolecular Hbond substituents is 1. The van der Waals surface area contributed by atoms with Crippen molar-refractivity contribution in [1.29, 1.82) is 0 Å². The lowest BCUT2D eigenvalue weighted by molar-refractivity contribution is 0.184. The molecule has 26 heavy (non-hydrogen) atoms. The second-order valence-corrected chi connectivity index (χ2v) is 8.38. The Hall–Kier alpha value is -1.80. The summed E-state index contributed by atoms with van der Waals surface area (Å²) in [5, 5.41) is 11.0. The Morgan fingerprint density at radius 3 is 2.31 bits per heavy atom. The van der Waals surface area contributed by atoms with Crippen LogP contribution in [0.1, 0.15) is 74.8 Å². The first-order chi connectivity index (χ1) is 12.4. The van der Waals surface area contributed by atoms with E-state index in [1.807, 2.05) is 6.92 Å². The minimum Gasteiger partial charge on any atom is -0.507 e. The molecule has 1 atom stereocenters. The van der Waals surface area contributed by atoms with E-state index in [1.54, 1.807) is 0 Å². The highest BCUT2D eigenvalue weighted by Gasteiger charge is 2.29. The van der Waals surface area contributed by atoms with Gasteiger partial charge in [-0.15, -0.1) is 0 Å². The molecule has 1 heterocycles. The molecule has 3 rings (SSSR count). The molecule has 2 aromatic carbocycles. The van der Waals surface area contributed by atoms with Crippen molar-refractivity contribution in [2.75, 3.05) is 13.1 Å². The van der Waals surface area contributed by atoms with E-state index in [0.717, 1.165) is 30.6 Å². The van der Waals surface area contributed by atoms with Gasteiger partial charge in [0.25, 0.3) is 0 Å². The molecule has 0 bridgehead atoms. The van der Waals surface area contributed by atoms with Crippen LogP contribution in [0.2, 0.25) is 0 Å². The van der Waals surface area contributed by atoms with Crippen LogP contribution in [0.15, 0.2) is 42.5 Å². The number of hydrogen-bond donors (Lipinski definition) is 1. The first kappa shape index (κ1) is 19.0. The van der Waals surface area contributed by atoms with Crippen molar-refractivity contribution in [3.8, 4) is 5.75 Å². The van der Waals surface area contributed by atoms with Crippen molar-refractivity contribution in [3.63, 3.8) is 0 Å². The Balaban J connectivity index is 2.14. The molecule has 1 aliphatic rings. The molecule has 2 heteroatoms. The maximum absolute atomic E-state index is 11.0. The third kappa shape index (κ3) is 3.81. The monoisotopic (exact) mass is 351 g/mol. The first-order valence-corrected chi connectivity index (χ1v) is 10.1. The van der Waals surface area contributed by atoms with E-state index < -0.39 is 0 Å². The zero-order valence-electron chi connectivity index (χ0n) is 16.8. The maximum atomic E-state index is 11.0. The Bertz CT molecular complexity index is 729. The summed E-state index contributed by atoms with van der Waals surface area (Å²) >= 11 is 0. The fourth-order valence-electron chi connectivity index (χ4n) is 4.01. The molecule has 0 spiro atoms.